The zero-order valence-electron chi connectivity index (χ0n) is 10.4. The second kappa shape index (κ2) is 5.48. The van der Waals surface area contributed by atoms with Crippen LogP contribution < -0.4 is 5.32 Å². The minimum absolute atomic E-state index is 0.174. The molecule has 0 aliphatic heterocycles. The van der Waals surface area contributed by atoms with E-state index in [1.807, 2.05) is 39.4 Å². The number of benzene rings is 1. The van der Waals surface area contributed by atoms with Gasteiger partial charge in [-0.2, -0.15) is 0 Å². The van der Waals surface area contributed by atoms with E-state index in [1.54, 1.807) is 6.07 Å². The van der Waals surface area contributed by atoms with E-state index in [0.29, 0.717) is 21.0 Å². The summed E-state index contributed by atoms with van der Waals surface area (Å²) in [4.78, 5) is 12.4. The van der Waals surface area contributed by atoms with Crippen LogP contribution in [0.15, 0.2) is 34.9 Å². The van der Waals surface area contributed by atoms with Crippen molar-refractivity contribution in [1.29, 1.82) is 0 Å². The van der Waals surface area contributed by atoms with Gasteiger partial charge >= 0.3 is 0 Å². The molecule has 1 amide bonds. The Kier molecular flexibility index (Phi) is 3.85. The normalized spacial score (nSPS) is 14.3. The Balaban J connectivity index is 1.86. The van der Waals surface area contributed by atoms with Gasteiger partial charge in [-0.1, -0.05) is 0 Å². The fourth-order valence-corrected chi connectivity index (χ4v) is 3.11. The van der Waals surface area contributed by atoms with Gasteiger partial charge in [-0.05, 0) is 75.6 Å². The average molecular weight is 449 g/mol. The largest absolute Gasteiger partial charge is 0.339 e. The fourth-order valence-electron chi connectivity index (χ4n) is 2.06. The molecular formula is C14H11BrFIN2O. The summed E-state index contributed by atoms with van der Waals surface area (Å²) in [5.74, 6) is -0.483. The van der Waals surface area contributed by atoms with Crippen molar-refractivity contribution in [1.82, 2.24) is 4.57 Å². The van der Waals surface area contributed by atoms with Crippen LogP contribution in [0.3, 0.4) is 0 Å². The minimum atomic E-state index is -0.309. The first-order valence-corrected chi connectivity index (χ1v) is 8.05. The predicted octanol–water partition coefficient (Wildman–Crippen LogP) is 4.58. The van der Waals surface area contributed by atoms with Gasteiger partial charge in [0.2, 0.25) is 0 Å². The Labute approximate surface area is 137 Å². The third-order valence-corrected chi connectivity index (χ3v) is 4.49. The number of carbonyl (C=O) groups excluding carboxylic acids is 1. The quantitative estimate of drug-likeness (QED) is 0.685. The lowest BCUT2D eigenvalue weighted by Crippen LogP contribution is -2.17. The molecule has 1 aliphatic rings. The van der Waals surface area contributed by atoms with E-state index < -0.39 is 0 Å². The smallest absolute Gasteiger partial charge is 0.272 e. The molecule has 1 heterocycles. The standard InChI is InChI=1S/C14H11BrFIN2O/c15-8-5-13(19(7-8)10-2-3-10)14(20)18-12-4-1-9(16)6-11(12)17/h1,4-7,10H,2-3H2,(H,18,20). The summed E-state index contributed by atoms with van der Waals surface area (Å²) in [6, 6.07) is 6.55. The molecule has 0 radical (unpaired) electrons. The molecule has 1 aromatic heterocycles. The molecule has 6 heteroatoms. The molecule has 3 nitrogen and oxygen atoms in total. The van der Waals surface area contributed by atoms with Crippen molar-refractivity contribution < 1.29 is 9.18 Å². The Morgan fingerprint density at radius 1 is 1.40 bits per heavy atom. The number of halogens is 3. The third kappa shape index (κ3) is 2.90. The van der Waals surface area contributed by atoms with Gasteiger partial charge in [0.05, 0.1) is 5.69 Å². The van der Waals surface area contributed by atoms with Crippen LogP contribution in [0.25, 0.3) is 0 Å². The first-order valence-electron chi connectivity index (χ1n) is 6.18. The van der Waals surface area contributed by atoms with Crippen molar-refractivity contribution in [2.75, 3.05) is 5.32 Å². The predicted molar refractivity (Wildman–Crippen MR) is 87.5 cm³/mol. The van der Waals surface area contributed by atoms with Crippen LogP contribution >= 0.6 is 38.5 Å². The number of carbonyl (C=O) groups is 1. The summed E-state index contributed by atoms with van der Waals surface area (Å²) >= 11 is 5.41. The van der Waals surface area contributed by atoms with Crippen LogP contribution in [0.1, 0.15) is 29.4 Å². The zero-order valence-corrected chi connectivity index (χ0v) is 14.1. The molecule has 104 valence electrons. The van der Waals surface area contributed by atoms with Crippen LogP contribution in [-0.4, -0.2) is 10.5 Å². The summed E-state index contributed by atoms with van der Waals surface area (Å²) in [5.41, 5.74) is 1.25. The highest BCUT2D eigenvalue weighted by atomic mass is 127. The Hall–Kier alpha value is -0.890. The van der Waals surface area contributed by atoms with Crippen molar-refractivity contribution in [3.8, 4) is 0 Å². The highest BCUT2D eigenvalue weighted by Crippen LogP contribution is 2.37. The molecule has 1 aliphatic carbocycles. The monoisotopic (exact) mass is 448 g/mol. The van der Waals surface area contributed by atoms with Crippen LogP contribution in [0.5, 0.6) is 0 Å². The van der Waals surface area contributed by atoms with Crippen LogP contribution in [0.4, 0.5) is 10.1 Å². The molecule has 0 spiro atoms. The first-order chi connectivity index (χ1) is 9.54. The number of anilines is 1. The number of hydrogen-bond acceptors (Lipinski definition) is 1. The fraction of sp³-hybridized carbons (Fsp3) is 0.214. The number of nitrogens with zero attached hydrogens (tertiary/aromatic N) is 1. The topological polar surface area (TPSA) is 34.0 Å². The number of hydrogen-bond donors (Lipinski definition) is 1. The Morgan fingerprint density at radius 2 is 2.15 bits per heavy atom. The number of rotatable bonds is 3. The summed E-state index contributed by atoms with van der Waals surface area (Å²) in [7, 11) is 0. The van der Waals surface area contributed by atoms with E-state index in [-0.39, 0.29) is 11.7 Å². The van der Waals surface area contributed by atoms with Crippen LogP contribution in [-0.2, 0) is 0 Å². The maximum absolute atomic E-state index is 13.1. The Morgan fingerprint density at radius 3 is 2.80 bits per heavy atom. The van der Waals surface area contributed by atoms with E-state index in [9.17, 15) is 9.18 Å². The molecule has 0 unspecified atom stereocenters. The molecule has 1 aromatic carbocycles. The number of aromatic nitrogens is 1. The maximum Gasteiger partial charge on any atom is 0.272 e. The lowest BCUT2D eigenvalue weighted by Gasteiger charge is -2.10. The second-order valence-corrected chi connectivity index (χ2v) is 6.84. The minimum Gasteiger partial charge on any atom is -0.339 e. The SMILES string of the molecule is O=C(Nc1ccc(F)cc1I)c1cc(Br)cn1C1CC1. The van der Waals surface area contributed by atoms with Gasteiger partial charge in [0.1, 0.15) is 11.5 Å². The lowest BCUT2D eigenvalue weighted by atomic mass is 10.3. The molecule has 3 rings (SSSR count). The van der Waals surface area contributed by atoms with Crippen molar-refractivity contribution in [2.24, 2.45) is 0 Å². The van der Waals surface area contributed by atoms with Gasteiger partial charge in [-0.15, -0.1) is 0 Å². The van der Waals surface area contributed by atoms with Gasteiger partial charge < -0.3 is 9.88 Å². The Bertz CT molecular complexity index is 682. The van der Waals surface area contributed by atoms with Crippen LogP contribution in [0, 0.1) is 9.39 Å². The molecule has 1 saturated carbocycles. The van der Waals surface area contributed by atoms with Crippen molar-refractivity contribution in [2.45, 2.75) is 18.9 Å². The van der Waals surface area contributed by atoms with E-state index in [4.69, 9.17) is 0 Å². The number of amides is 1. The van der Waals surface area contributed by atoms with Gasteiger partial charge in [0.25, 0.3) is 5.91 Å². The van der Waals surface area contributed by atoms with E-state index in [2.05, 4.69) is 21.2 Å². The third-order valence-electron chi connectivity index (χ3n) is 3.17. The summed E-state index contributed by atoms with van der Waals surface area (Å²) in [6.45, 7) is 0. The summed E-state index contributed by atoms with van der Waals surface area (Å²) in [5, 5.41) is 2.84. The highest BCUT2D eigenvalue weighted by Gasteiger charge is 2.27. The van der Waals surface area contributed by atoms with Gasteiger partial charge in [0.15, 0.2) is 0 Å². The summed E-state index contributed by atoms with van der Waals surface area (Å²) < 4.78 is 16.6. The average Bonchev–Trinajstić information content (AvgIpc) is 3.16. The molecular weight excluding hydrogens is 438 g/mol. The first kappa shape index (κ1) is 14.1. The van der Waals surface area contributed by atoms with Gasteiger partial charge in [0, 0.05) is 20.3 Å². The molecule has 1 N–H and O–H groups in total. The molecule has 20 heavy (non-hydrogen) atoms. The lowest BCUT2D eigenvalue weighted by molar-refractivity contribution is 0.101. The van der Waals surface area contributed by atoms with Gasteiger partial charge in [-0.25, -0.2) is 4.39 Å². The van der Waals surface area contributed by atoms with E-state index in [1.165, 1.54) is 12.1 Å². The molecule has 0 bridgehead atoms. The molecule has 2 aromatic rings. The van der Waals surface area contributed by atoms with Crippen molar-refractivity contribution >= 4 is 50.1 Å². The molecule has 1 fully saturated rings. The van der Waals surface area contributed by atoms with Crippen molar-refractivity contribution in [3.05, 3.63) is 50.0 Å². The van der Waals surface area contributed by atoms with Gasteiger partial charge in [-0.3, -0.25) is 4.79 Å². The maximum atomic E-state index is 13.1. The van der Waals surface area contributed by atoms with Crippen molar-refractivity contribution in [3.63, 3.8) is 0 Å². The summed E-state index contributed by atoms with van der Waals surface area (Å²) in [6.07, 6.45) is 4.15. The zero-order chi connectivity index (χ0) is 14.3. The van der Waals surface area contributed by atoms with E-state index in [0.717, 1.165) is 17.3 Å². The highest BCUT2D eigenvalue weighted by molar-refractivity contribution is 14.1. The molecule has 0 saturated heterocycles. The second-order valence-electron chi connectivity index (χ2n) is 4.76. The molecule has 0 atom stereocenters. The van der Waals surface area contributed by atoms with Crippen LogP contribution in [0.2, 0.25) is 0 Å². The van der Waals surface area contributed by atoms with E-state index >= 15 is 0 Å². The number of nitrogens with one attached hydrogen (secondary N) is 1.